The zero-order valence-corrected chi connectivity index (χ0v) is 35.7. The van der Waals surface area contributed by atoms with E-state index in [1.54, 1.807) is 0 Å². The predicted molar refractivity (Wildman–Crippen MR) is 220 cm³/mol. The van der Waals surface area contributed by atoms with Gasteiger partial charge < -0.3 is 20.1 Å². The molecule has 9 nitrogen and oxygen atoms in total. The molecule has 0 aliphatic carbocycles. The number of carbonyl (C=O) groups excluding carboxylic acids is 2. The molecule has 0 saturated heterocycles. The number of hydrogen-bond acceptors (Lipinski definition) is 8. The van der Waals surface area contributed by atoms with Gasteiger partial charge in [-0.25, -0.2) is 4.57 Å². The third-order valence-electron chi connectivity index (χ3n) is 9.99. The molecule has 53 heavy (non-hydrogen) atoms. The summed E-state index contributed by atoms with van der Waals surface area (Å²) in [4.78, 5) is 34.7. The lowest BCUT2D eigenvalue weighted by Crippen LogP contribution is -2.29. The average Bonchev–Trinajstić information content (AvgIpc) is 3.14. The van der Waals surface area contributed by atoms with Crippen LogP contribution >= 0.6 is 7.82 Å². The van der Waals surface area contributed by atoms with Gasteiger partial charge in [0.1, 0.15) is 6.61 Å². The molecule has 0 aromatic heterocycles. The Kier molecular flexibility index (Phi) is 39.9. The van der Waals surface area contributed by atoms with Crippen LogP contribution in [0.2, 0.25) is 0 Å². The summed E-state index contributed by atoms with van der Waals surface area (Å²) in [5.41, 5.74) is 5.34. The van der Waals surface area contributed by atoms with Gasteiger partial charge in [-0.1, -0.05) is 206 Å². The second-order valence-corrected chi connectivity index (χ2v) is 16.7. The maximum atomic E-state index is 12.6. The Hall–Kier alpha value is -0.990. The van der Waals surface area contributed by atoms with E-state index >= 15 is 0 Å². The molecule has 0 bridgehead atoms. The van der Waals surface area contributed by atoms with Crippen LogP contribution in [0.3, 0.4) is 0 Å². The molecule has 0 heterocycles. The van der Waals surface area contributed by atoms with Crippen molar-refractivity contribution in [2.24, 2.45) is 5.73 Å². The SMILES string of the molecule is CCCCCCCCCCCCCCCCCCCCCCCCCCC(=O)OC(COC(=O)CCCCCCCCCC)COP(=O)(O)OCCN. The molecule has 0 saturated carbocycles. The highest BCUT2D eigenvalue weighted by Gasteiger charge is 2.26. The first-order chi connectivity index (χ1) is 25.8. The van der Waals surface area contributed by atoms with Crippen LogP contribution in [-0.2, 0) is 32.7 Å². The molecule has 0 rings (SSSR count). The first-order valence-corrected chi connectivity index (χ1v) is 24.0. The number of unbranched alkanes of at least 4 members (excludes halogenated alkanes) is 30. The van der Waals surface area contributed by atoms with E-state index in [1.807, 2.05) is 0 Å². The highest BCUT2D eigenvalue weighted by molar-refractivity contribution is 7.47. The summed E-state index contributed by atoms with van der Waals surface area (Å²) >= 11 is 0. The normalized spacial score (nSPS) is 13.2. The molecule has 0 amide bonds. The summed E-state index contributed by atoms with van der Waals surface area (Å²) in [6, 6.07) is 0. The van der Waals surface area contributed by atoms with Crippen LogP contribution in [0.25, 0.3) is 0 Å². The Morgan fingerprint density at radius 2 is 0.811 bits per heavy atom. The molecule has 0 spiro atoms. The summed E-state index contributed by atoms with van der Waals surface area (Å²) in [5.74, 6) is -0.819. The van der Waals surface area contributed by atoms with E-state index in [0.717, 1.165) is 32.1 Å². The summed E-state index contributed by atoms with van der Waals surface area (Å²) < 4.78 is 32.7. The summed E-state index contributed by atoms with van der Waals surface area (Å²) in [5, 5.41) is 0. The minimum atomic E-state index is -4.36. The highest BCUT2D eigenvalue weighted by atomic mass is 31.2. The van der Waals surface area contributed by atoms with Crippen molar-refractivity contribution in [3.05, 3.63) is 0 Å². The Balaban J connectivity index is 3.91. The van der Waals surface area contributed by atoms with Gasteiger partial charge in [0.2, 0.25) is 0 Å². The van der Waals surface area contributed by atoms with Gasteiger partial charge in [0.05, 0.1) is 13.2 Å². The topological polar surface area (TPSA) is 134 Å². The second kappa shape index (κ2) is 40.7. The minimum Gasteiger partial charge on any atom is -0.462 e. The lowest BCUT2D eigenvalue weighted by atomic mass is 10.0. The molecule has 2 atom stereocenters. The molecular formula is C43H86NO8P. The number of nitrogens with two attached hydrogens (primary N) is 1. The number of rotatable bonds is 43. The van der Waals surface area contributed by atoms with Crippen molar-refractivity contribution in [1.29, 1.82) is 0 Å². The molecule has 2 unspecified atom stereocenters. The first-order valence-electron chi connectivity index (χ1n) is 22.5. The number of esters is 2. The fourth-order valence-electron chi connectivity index (χ4n) is 6.64. The summed E-state index contributed by atoms with van der Waals surface area (Å²) in [7, 11) is -4.36. The first kappa shape index (κ1) is 52.0. The van der Waals surface area contributed by atoms with Crippen LogP contribution in [0.15, 0.2) is 0 Å². The summed E-state index contributed by atoms with van der Waals surface area (Å²) in [6.07, 6.45) is 40.2. The van der Waals surface area contributed by atoms with E-state index in [0.29, 0.717) is 6.42 Å². The third kappa shape index (κ3) is 40.5. The molecule has 316 valence electrons. The van der Waals surface area contributed by atoms with Crippen molar-refractivity contribution in [3.63, 3.8) is 0 Å². The zero-order valence-electron chi connectivity index (χ0n) is 34.8. The fourth-order valence-corrected chi connectivity index (χ4v) is 7.40. The van der Waals surface area contributed by atoms with Crippen LogP contribution in [0, 0.1) is 0 Å². The van der Waals surface area contributed by atoms with Gasteiger partial charge in [-0.2, -0.15) is 0 Å². The Morgan fingerprint density at radius 3 is 1.15 bits per heavy atom. The number of phosphoric ester groups is 1. The van der Waals surface area contributed by atoms with E-state index in [1.165, 1.54) is 167 Å². The van der Waals surface area contributed by atoms with Crippen molar-refractivity contribution < 1.29 is 37.6 Å². The fraction of sp³-hybridized carbons (Fsp3) is 0.953. The molecular weight excluding hydrogens is 689 g/mol. The smallest absolute Gasteiger partial charge is 0.462 e. The Morgan fingerprint density at radius 1 is 0.491 bits per heavy atom. The highest BCUT2D eigenvalue weighted by Crippen LogP contribution is 2.43. The average molecular weight is 776 g/mol. The molecule has 0 aromatic carbocycles. The Labute approximate surface area is 327 Å². The third-order valence-corrected chi connectivity index (χ3v) is 11.0. The van der Waals surface area contributed by atoms with Gasteiger partial charge in [0.25, 0.3) is 0 Å². The predicted octanol–water partition coefficient (Wildman–Crippen LogP) is 12.8. The molecule has 0 aromatic rings. The number of hydrogen-bond donors (Lipinski definition) is 2. The lowest BCUT2D eigenvalue weighted by molar-refractivity contribution is -0.161. The van der Waals surface area contributed by atoms with E-state index in [9.17, 15) is 19.0 Å². The van der Waals surface area contributed by atoms with E-state index in [2.05, 4.69) is 13.8 Å². The zero-order chi connectivity index (χ0) is 38.9. The van der Waals surface area contributed by atoms with E-state index < -0.39 is 26.5 Å². The molecule has 0 aliphatic rings. The number of ether oxygens (including phenoxy) is 2. The maximum Gasteiger partial charge on any atom is 0.472 e. The molecule has 0 radical (unpaired) electrons. The molecule has 0 aliphatic heterocycles. The van der Waals surface area contributed by atoms with Crippen molar-refractivity contribution >= 4 is 19.8 Å². The quantitative estimate of drug-likeness (QED) is 0.0352. The largest absolute Gasteiger partial charge is 0.472 e. The lowest BCUT2D eigenvalue weighted by Gasteiger charge is -2.19. The van der Waals surface area contributed by atoms with Crippen molar-refractivity contribution in [3.8, 4) is 0 Å². The van der Waals surface area contributed by atoms with Crippen molar-refractivity contribution in [1.82, 2.24) is 0 Å². The number of carbonyl (C=O) groups is 2. The van der Waals surface area contributed by atoms with Gasteiger partial charge in [-0.15, -0.1) is 0 Å². The van der Waals surface area contributed by atoms with Gasteiger partial charge in [0.15, 0.2) is 6.10 Å². The van der Waals surface area contributed by atoms with Crippen molar-refractivity contribution in [2.45, 2.75) is 238 Å². The van der Waals surface area contributed by atoms with Crippen LogP contribution < -0.4 is 5.73 Å². The van der Waals surface area contributed by atoms with Gasteiger partial charge >= 0.3 is 19.8 Å². The van der Waals surface area contributed by atoms with E-state index in [4.69, 9.17) is 24.3 Å². The van der Waals surface area contributed by atoms with Crippen LogP contribution in [0.4, 0.5) is 0 Å². The second-order valence-electron chi connectivity index (χ2n) is 15.3. The summed E-state index contributed by atoms with van der Waals surface area (Å²) in [6.45, 7) is 3.74. The van der Waals surface area contributed by atoms with Gasteiger partial charge in [-0.3, -0.25) is 18.6 Å². The standard InChI is InChI=1S/C43H86NO8P/c1-3-5-7-9-11-13-14-15-16-17-18-19-20-21-22-23-24-25-26-27-28-30-32-34-36-43(46)52-41(40-51-53(47,48)50-38-37-44)39-49-42(45)35-33-31-29-12-10-8-6-4-2/h41H,3-40,44H2,1-2H3,(H,47,48). The monoisotopic (exact) mass is 776 g/mol. The maximum absolute atomic E-state index is 12.6. The molecule has 3 N–H and O–H groups in total. The number of phosphoric acid groups is 1. The van der Waals surface area contributed by atoms with Crippen LogP contribution in [0.1, 0.15) is 232 Å². The molecule has 10 heteroatoms. The molecule has 0 fully saturated rings. The van der Waals surface area contributed by atoms with E-state index in [-0.39, 0.29) is 38.6 Å². The van der Waals surface area contributed by atoms with Gasteiger partial charge in [0, 0.05) is 19.4 Å². The van der Waals surface area contributed by atoms with Crippen LogP contribution in [-0.4, -0.2) is 49.3 Å². The van der Waals surface area contributed by atoms with Gasteiger partial charge in [-0.05, 0) is 12.8 Å². The minimum absolute atomic E-state index is 0.0578. The van der Waals surface area contributed by atoms with Crippen LogP contribution in [0.5, 0.6) is 0 Å². The van der Waals surface area contributed by atoms with Crippen molar-refractivity contribution in [2.75, 3.05) is 26.4 Å². The Bertz CT molecular complexity index is 845.